The molecule has 0 radical (unpaired) electrons. The SMILES string of the molecule is N#Cc1cccc(N2CCC(COc3cc4c(nn3)CCCC4)CC2)n1. The maximum atomic E-state index is 9.00. The van der Waals surface area contributed by atoms with E-state index in [1.165, 1.54) is 18.4 Å². The van der Waals surface area contributed by atoms with Crippen molar-refractivity contribution in [3.8, 4) is 11.9 Å². The van der Waals surface area contributed by atoms with E-state index in [4.69, 9.17) is 10.00 Å². The molecule has 0 saturated carbocycles. The molecule has 2 aromatic rings. The van der Waals surface area contributed by atoms with Crippen molar-refractivity contribution in [3.63, 3.8) is 0 Å². The smallest absolute Gasteiger partial charge is 0.233 e. The minimum absolute atomic E-state index is 0.471. The normalized spacial score (nSPS) is 17.4. The van der Waals surface area contributed by atoms with Crippen molar-refractivity contribution in [1.29, 1.82) is 5.26 Å². The topological polar surface area (TPSA) is 74.9 Å². The molecule has 0 bridgehead atoms. The maximum Gasteiger partial charge on any atom is 0.233 e. The van der Waals surface area contributed by atoms with Crippen LogP contribution < -0.4 is 9.64 Å². The van der Waals surface area contributed by atoms with Crippen molar-refractivity contribution in [2.75, 3.05) is 24.6 Å². The summed E-state index contributed by atoms with van der Waals surface area (Å²) < 4.78 is 5.94. The molecule has 1 aliphatic carbocycles. The van der Waals surface area contributed by atoms with Gasteiger partial charge in [-0.25, -0.2) is 4.98 Å². The molecule has 1 aliphatic heterocycles. The van der Waals surface area contributed by atoms with E-state index in [0.717, 1.165) is 50.3 Å². The largest absolute Gasteiger partial charge is 0.476 e. The lowest BCUT2D eigenvalue weighted by Crippen LogP contribution is -2.36. The van der Waals surface area contributed by atoms with Gasteiger partial charge in [0.2, 0.25) is 5.88 Å². The molecule has 4 rings (SSSR count). The first kappa shape index (κ1) is 16.8. The second-order valence-electron chi connectivity index (χ2n) is 7.10. The highest BCUT2D eigenvalue weighted by Crippen LogP contribution is 2.24. The van der Waals surface area contributed by atoms with Gasteiger partial charge in [-0.1, -0.05) is 6.07 Å². The van der Waals surface area contributed by atoms with Gasteiger partial charge >= 0.3 is 0 Å². The third kappa shape index (κ3) is 3.77. The van der Waals surface area contributed by atoms with Crippen molar-refractivity contribution in [2.24, 2.45) is 5.92 Å². The average Bonchev–Trinajstić information content (AvgIpc) is 2.72. The maximum absolute atomic E-state index is 9.00. The fourth-order valence-corrected chi connectivity index (χ4v) is 3.73. The Bertz CT molecular complexity index is 808. The van der Waals surface area contributed by atoms with Gasteiger partial charge in [0.15, 0.2) is 0 Å². The molecule has 6 heteroatoms. The van der Waals surface area contributed by atoms with Gasteiger partial charge in [-0.05, 0) is 62.1 Å². The molecule has 0 spiro atoms. The molecule has 2 aromatic heterocycles. The quantitative estimate of drug-likeness (QED) is 0.845. The predicted octanol–water partition coefficient (Wildman–Crippen LogP) is 2.92. The van der Waals surface area contributed by atoms with Crippen molar-refractivity contribution in [3.05, 3.63) is 41.2 Å². The fraction of sp³-hybridized carbons (Fsp3) is 0.500. The Morgan fingerprint density at radius 3 is 2.85 bits per heavy atom. The zero-order valence-electron chi connectivity index (χ0n) is 14.9. The Hall–Kier alpha value is -2.68. The highest BCUT2D eigenvalue weighted by Gasteiger charge is 2.21. The highest BCUT2D eigenvalue weighted by atomic mass is 16.5. The van der Waals surface area contributed by atoms with E-state index in [1.807, 2.05) is 12.1 Å². The summed E-state index contributed by atoms with van der Waals surface area (Å²) in [6, 6.07) is 9.79. The van der Waals surface area contributed by atoms with Crippen molar-refractivity contribution >= 4 is 5.82 Å². The van der Waals surface area contributed by atoms with E-state index >= 15 is 0 Å². The first-order valence-electron chi connectivity index (χ1n) is 9.42. The van der Waals surface area contributed by atoms with Gasteiger partial charge in [0, 0.05) is 19.2 Å². The standard InChI is InChI=1S/C20H23N5O/c21-13-17-5-3-7-19(22-17)25-10-8-15(9-11-25)14-26-20-12-16-4-1-2-6-18(16)23-24-20/h3,5,7,12,15H,1-2,4,6,8-11,14H2. The lowest BCUT2D eigenvalue weighted by atomic mass is 9.97. The average molecular weight is 349 g/mol. The van der Waals surface area contributed by atoms with Crippen molar-refractivity contribution in [1.82, 2.24) is 15.2 Å². The van der Waals surface area contributed by atoms with Crippen molar-refractivity contribution < 1.29 is 4.74 Å². The van der Waals surface area contributed by atoms with Gasteiger partial charge in [0.25, 0.3) is 0 Å². The number of piperidine rings is 1. The Balaban J connectivity index is 1.29. The minimum Gasteiger partial charge on any atom is -0.476 e. The van der Waals surface area contributed by atoms with Crippen LogP contribution >= 0.6 is 0 Å². The number of hydrogen-bond acceptors (Lipinski definition) is 6. The van der Waals surface area contributed by atoms with Crippen LogP contribution in [0.3, 0.4) is 0 Å². The second kappa shape index (κ2) is 7.69. The van der Waals surface area contributed by atoms with Crippen LogP contribution in [0.15, 0.2) is 24.3 Å². The van der Waals surface area contributed by atoms with Crippen molar-refractivity contribution in [2.45, 2.75) is 38.5 Å². The molecular weight excluding hydrogens is 326 g/mol. The molecule has 134 valence electrons. The van der Waals surface area contributed by atoms with Gasteiger partial charge in [-0.2, -0.15) is 10.4 Å². The number of ether oxygens (including phenoxy) is 1. The summed E-state index contributed by atoms with van der Waals surface area (Å²) >= 11 is 0. The van der Waals surface area contributed by atoms with Crippen LogP contribution in [-0.4, -0.2) is 34.9 Å². The van der Waals surface area contributed by atoms with Gasteiger partial charge in [-0.15, -0.1) is 5.10 Å². The van der Waals surface area contributed by atoms with Gasteiger partial charge < -0.3 is 9.64 Å². The van der Waals surface area contributed by atoms with E-state index < -0.39 is 0 Å². The molecule has 2 aliphatic rings. The summed E-state index contributed by atoms with van der Waals surface area (Å²) in [7, 11) is 0. The van der Waals surface area contributed by atoms with Crippen LogP contribution in [0.4, 0.5) is 5.82 Å². The zero-order valence-corrected chi connectivity index (χ0v) is 14.9. The number of pyridine rings is 1. The summed E-state index contributed by atoms with van der Waals surface area (Å²) in [5.41, 5.74) is 2.92. The summed E-state index contributed by atoms with van der Waals surface area (Å²) in [5.74, 6) is 2.07. The number of anilines is 1. The molecule has 0 atom stereocenters. The molecule has 3 heterocycles. The Kier molecular flexibility index (Phi) is 4.96. The fourth-order valence-electron chi connectivity index (χ4n) is 3.73. The van der Waals surface area contributed by atoms with Crippen LogP contribution in [-0.2, 0) is 12.8 Å². The van der Waals surface area contributed by atoms with Crippen LogP contribution in [0.2, 0.25) is 0 Å². The highest BCUT2D eigenvalue weighted by molar-refractivity contribution is 5.41. The monoisotopic (exact) mass is 349 g/mol. The summed E-state index contributed by atoms with van der Waals surface area (Å²) in [6.07, 6.45) is 6.69. The number of nitriles is 1. The number of aromatic nitrogens is 3. The number of nitrogens with zero attached hydrogens (tertiary/aromatic N) is 5. The van der Waals surface area contributed by atoms with Gasteiger partial charge in [-0.3, -0.25) is 0 Å². The van der Waals surface area contributed by atoms with Crippen LogP contribution in [0.1, 0.15) is 42.6 Å². The Labute approximate surface area is 153 Å². The molecule has 6 nitrogen and oxygen atoms in total. The summed E-state index contributed by atoms with van der Waals surface area (Å²) in [6.45, 7) is 2.56. The third-order valence-corrected chi connectivity index (χ3v) is 5.30. The first-order chi connectivity index (χ1) is 12.8. The van der Waals surface area contributed by atoms with E-state index in [9.17, 15) is 0 Å². The van der Waals surface area contributed by atoms with Gasteiger partial charge in [0.1, 0.15) is 17.6 Å². The predicted molar refractivity (Wildman–Crippen MR) is 98.1 cm³/mol. The third-order valence-electron chi connectivity index (χ3n) is 5.30. The van der Waals surface area contributed by atoms with Crippen LogP contribution in [0.25, 0.3) is 0 Å². The number of hydrogen-bond donors (Lipinski definition) is 0. The van der Waals surface area contributed by atoms with Gasteiger partial charge in [0.05, 0.1) is 12.3 Å². The molecule has 0 amide bonds. The van der Waals surface area contributed by atoms with Crippen LogP contribution in [0, 0.1) is 17.2 Å². The molecule has 1 fully saturated rings. The molecule has 0 unspecified atom stereocenters. The van der Waals surface area contributed by atoms with E-state index in [2.05, 4.69) is 32.2 Å². The first-order valence-corrected chi connectivity index (χ1v) is 9.42. The number of fused-ring (bicyclic) bond motifs is 1. The number of aryl methyl sites for hydroxylation is 2. The molecule has 26 heavy (non-hydrogen) atoms. The van der Waals surface area contributed by atoms with E-state index in [0.29, 0.717) is 24.1 Å². The Morgan fingerprint density at radius 1 is 1.15 bits per heavy atom. The summed E-state index contributed by atoms with van der Waals surface area (Å²) in [5, 5.41) is 17.6. The molecule has 0 aromatic carbocycles. The molecule has 0 N–H and O–H groups in total. The van der Waals surface area contributed by atoms with Crippen LogP contribution in [0.5, 0.6) is 5.88 Å². The molecular formula is C20H23N5O. The van der Waals surface area contributed by atoms with E-state index in [1.54, 1.807) is 6.07 Å². The number of rotatable bonds is 4. The Morgan fingerprint density at radius 2 is 2.00 bits per heavy atom. The zero-order chi connectivity index (χ0) is 17.8. The lowest BCUT2D eigenvalue weighted by Gasteiger charge is -2.32. The summed E-state index contributed by atoms with van der Waals surface area (Å²) in [4.78, 5) is 6.64. The molecule has 1 saturated heterocycles. The second-order valence-corrected chi connectivity index (χ2v) is 7.10. The van der Waals surface area contributed by atoms with E-state index in [-0.39, 0.29) is 0 Å². The minimum atomic E-state index is 0.471. The lowest BCUT2D eigenvalue weighted by molar-refractivity contribution is 0.213.